The number of rotatable bonds is 9. The molecule has 1 aromatic rings. The van der Waals surface area contributed by atoms with Crippen LogP contribution in [-0.4, -0.2) is 115 Å². The molecule has 7 aliphatic rings. The first-order chi connectivity index (χ1) is 27.0. The quantitative estimate of drug-likeness (QED) is 0.246. The second kappa shape index (κ2) is 15.0. The Morgan fingerprint density at radius 1 is 1.18 bits per heavy atom. The molecule has 300 valence electrons. The van der Waals surface area contributed by atoms with Gasteiger partial charge in [0, 0.05) is 31.0 Å². The first-order valence-electron chi connectivity index (χ1n) is 19.8. The van der Waals surface area contributed by atoms with E-state index in [1.165, 1.54) is 11.0 Å². The Morgan fingerprint density at radius 2 is 1.98 bits per heavy atom. The van der Waals surface area contributed by atoms with Crippen LogP contribution in [0.15, 0.2) is 43.1 Å². The van der Waals surface area contributed by atoms with Crippen molar-refractivity contribution in [3.05, 3.63) is 48.7 Å². The molecule has 3 aliphatic carbocycles. The molecule has 1 spiro atoms. The van der Waals surface area contributed by atoms with Crippen molar-refractivity contribution in [2.45, 2.75) is 99.8 Å². The molecule has 17 heteroatoms. The fourth-order valence-corrected chi connectivity index (χ4v) is 10.3. The van der Waals surface area contributed by atoms with Crippen molar-refractivity contribution in [3.8, 4) is 11.9 Å². The maximum Gasteiger partial charge on any atom is 0.422 e. The van der Waals surface area contributed by atoms with E-state index in [2.05, 4.69) is 26.9 Å². The summed E-state index contributed by atoms with van der Waals surface area (Å²) in [7, 11) is -3.90. The molecular formula is C39H50N7O9S+. The van der Waals surface area contributed by atoms with Crippen LogP contribution in [0.3, 0.4) is 0 Å². The molecule has 56 heavy (non-hydrogen) atoms. The van der Waals surface area contributed by atoms with Gasteiger partial charge in [0.05, 0.1) is 31.6 Å². The lowest BCUT2D eigenvalue weighted by molar-refractivity contribution is -0.141. The van der Waals surface area contributed by atoms with Crippen LogP contribution in [0.5, 0.6) is 11.9 Å². The van der Waals surface area contributed by atoms with E-state index in [9.17, 15) is 22.8 Å². The van der Waals surface area contributed by atoms with Crippen LogP contribution >= 0.6 is 0 Å². The molecule has 0 radical (unpaired) electrons. The van der Waals surface area contributed by atoms with Gasteiger partial charge in [-0.15, -0.1) is 6.58 Å². The number of aromatic nitrogens is 2. The van der Waals surface area contributed by atoms with Gasteiger partial charge in [-0.25, -0.2) is 22.7 Å². The number of nitrogens with zero attached hydrogens (tertiary/aromatic N) is 4. The minimum absolute atomic E-state index is 0.00641. The highest BCUT2D eigenvalue weighted by Gasteiger charge is 2.62. The van der Waals surface area contributed by atoms with Crippen LogP contribution in [0.1, 0.15) is 70.3 Å². The van der Waals surface area contributed by atoms with Crippen molar-refractivity contribution in [2.75, 3.05) is 32.8 Å². The Kier molecular flexibility index (Phi) is 10.3. The number of urea groups is 1. The van der Waals surface area contributed by atoms with Crippen molar-refractivity contribution in [3.63, 3.8) is 0 Å². The lowest BCUT2D eigenvalue weighted by atomic mass is 9.96. The predicted octanol–water partition coefficient (Wildman–Crippen LogP) is 2.42. The Balaban J connectivity index is 1.23. The molecule has 0 aromatic carbocycles. The lowest BCUT2D eigenvalue weighted by Gasteiger charge is -2.35. The molecule has 8 rings (SSSR count). The van der Waals surface area contributed by atoms with E-state index in [0.29, 0.717) is 38.1 Å². The van der Waals surface area contributed by atoms with Crippen LogP contribution in [0.2, 0.25) is 0 Å². The van der Waals surface area contributed by atoms with E-state index in [1.807, 2.05) is 24.3 Å². The van der Waals surface area contributed by atoms with Crippen LogP contribution in [-0.2, 0) is 29.1 Å². The molecule has 1 aromatic heterocycles. The molecule has 6 bridgehead atoms. The molecule has 3 N–H and O–H groups in total. The van der Waals surface area contributed by atoms with Gasteiger partial charge in [0.1, 0.15) is 36.4 Å². The Hall–Kier alpha value is -4.61. The lowest BCUT2D eigenvalue weighted by Crippen LogP contribution is -2.64. The maximum atomic E-state index is 15.1. The third-order valence-corrected chi connectivity index (χ3v) is 14.1. The van der Waals surface area contributed by atoms with Gasteiger partial charge in [-0.1, -0.05) is 37.1 Å². The predicted molar refractivity (Wildman–Crippen MR) is 204 cm³/mol. The van der Waals surface area contributed by atoms with E-state index < -0.39 is 68.7 Å². The maximum absolute atomic E-state index is 15.1. The molecule has 1 unspecified atom stereocenters. The highest BCUT2D eigenvalue weighted by atomic mass is 32.2. The van der Waals surface area contributed by atoms with Crippen LogP contribution < -0.4 is 29.3 Å². The second-order valence-corrected chi connectivity index (χ2v) is 17.9. The number of ether oxygens (including phenoxy) is 3. The molecule has 5 fully saturated rings. The Bertz CT molecular complexity index is 2000. The number of nitrogens with one attached hydrogen (secondary N) is 3. The number of hydrogen-bond acceptors (Lipinski definition) is 11. The SMILES string of the molecule is C=C[C@@H]1C[C@]1(NC(=O)[C@@H]1C[C@@H]2CN1C(=O)[C@H](C1CCCC1)NC(=O)[N+]13CC[C@@H](C1)OCC=Cc1cccnc(OCC)nc(c3c1)O2)C(=O)NS(=O)(=O)C1CC1. The van der Waals surface area contributed by atoms with Crippen molar-refractivity contribution >= 4 is 45.5 Å². The molecule has 3 saturated carbocycles. The summed E-state index contributed by atoms with van der Waals surface area (Å²) in [6, 6.07) is 3.03. The van der Waals surface area contributed by atoms with Crippen molar-refractivity contribution in [1.29, 1.82) is 0 Å². The summed E-state index contributed by atoms with van der Waals surface area (Å²) in [4.78, 5) is 68.7. The van der Waals surface area contributed by atoms with Crippen LogP contribution in [0.4, 0.5) is 10.5 Å². The van der Waals surface area contributed by atoms with Crippen molar-refractivity contribution in [2.24, 2.45) is 11.8 Å². The number of fused-ring (bicyclic) bond motifs is 4. The topological polar surface area (TPSA) is 195 Å². The standard InChI is InChI=1S/C39H49N7O9S/c1-3-26-21-39(26,36(49)44-56(51,52)29-13-14-29)43-33(47)30-20-28-22-45(30)35(48)32(25-11-5-6-12-25)41-38(50)46-17-15-27(23-46)54-18-8-10-24-9-7-16-40-37(53-4-2)42-34(55-28)31(46)19-24/h3,7-10,16,19,25-30,32H,1,4-6,11-15,17-18,20-23H2,2H3,(H2-,41,43,44,47,49,50)/p+1/t26-,27+,28-,30+,32+,39-,46?/m1/s1. The van der Waals surface area contributed by atoms with E-state index >= 15 is 4.79 Å². The summed E-state index contributed by atoms with van der Waals surface area (Å²) in [6.45, 7) is 6.83. The first-order valence-corrected chi connectivity index (χ1v) is 21.3. The number of hydrogen-bond donors (Lipinski definition) is 3. The molecule has 2 saturated heterocycles. The molecule has 16 nitrogen and oxygen atoms in total. The second-order valence-electron chi connectivity index (χ2n) is 16.0. The summed E-state index contributed by atoms with van der Waals surface area (Å²) < 4.78 is 46.3. The molecule has 5 amide bonds. The molecular weight excluding hydrogens is 743 g/mol. The largest absolute Gasteiger partial charge is 0.468 e. The number of carbonyl (C=O) groups excluding carboxylic acids is 4. The monoisotopic (exact) mass is 792 g/mol. The van der Waals surface area contributed by atoms with Crippen molar-refractivity contribution < 1.29 is 41.8 Å². The highest BCUT2D eigenvalue weighted by molar-refractivity contribution is 7.91. The summed E-state index contributed by atoms with van der Waals surface area (Å²) in [5.41, 5.74) is -0.371. The third-order valence-electron chi connectivity index (χ3n) is 12.3. The number of amides is 5. The summed E-state index contributed by atoms with van der Waals surface area (Å²) in [5.74, 6) is -2.49. The van der Waals surface area contributed by atoms with Gasteiger partial charge >= 0.3 is 12.0 Å². The average Bonchev–Trinajstić information content (AvgIpc) is 3.97. The number of sulfonamides is 1. The van der Waals surface area contributed by atoms with Crippen LogP contribution in [0, 0.1) is 11.8 Å². The summed E-state index contributed by atoms with van der Waals surface area (Å²) in [6.07, 6.45) is 10.8. The van der Waals surface area contributed by atoms with Gasteiger partial charge in [-0.3, -0.25) is 24.4 Å². The number of carbonyl (C=O) groups is 4. The normalized spacial score (nSPS) is 32.2. The van der Waals surface area contributed by atoms with E-state index in [-0.39, 0.29) is 60.9 Å². The zero-order chi connectivity index (χ0) is 39.2. The number of quaternary nitrogens is 1. The Morgan fingerprint density at radius 3 is 2.71 bits per heavy atom. The fraction of sp³-hybridized carbons (Fsp3) is 0.590. The van der Waals surface area contributed by atoms with Crippen LogP contribution in [0.25, 0.3) is 6.08 Å². The molecule has 4 aliphatic heterocycles. The zero-order valence-corrected chi connectivity index (χ0v) is 32.4. The summed E-state index contributed by atoms with van der Waals surface area (Å²) >= 11 is 0. The molecule has 7 atom stereocenters. The van der Waals surface area contributed by atoms with E-state index in [1.54, 1.807) is 19.2 Å². The molecule has 5 heterocycles. The highest BCUT2D eigenvalue weighted by Crippen LogP contribution is 2.46. The van der Waals surface area contributed by atoms with Crippen molar-refractivity contribution in [1.82, 2.24) is 34.7 Å². The first kappa shape index (κ1) is 38.3. The van der Waals surface area contributed by atoms with Gasteiger partial charge in [-0.05, 0) is 56.6 Å². The van der Waals surface area contributed by atoms with Gasteiger partial charge in [0.25, 0.3) is 11.8 Å². The van der Waals surface area contributed by atoms with Gasteiger partial charge in [0.15, 0.2) is 0 Å². The van der Waals surface area contributed by atoms with Gasteiger partial charge < -0.3 is 24.4 Å². The summed E-state index contributed by atoms with van der Waals surface area (Å²) in [5, 5.41) is 5.40. The van der Waals surface area contributed by atoms with E-state index in [0.717, 1.165) is 31.2 Å². The third kappa shape index (κ3) is 7.24. The van der Waals surface area contributed by atoms with Gasteiger partial charge in [0.2, 0.25) is 27.5 Å². The van der Waals surface area contributed by atoms with E-state index in [4.69, 9.17) is 19.2 Å². The Labute approximate surface area is 326 Å². The fourth-order valence-electron chi connectivity index (χ4n) is 8.98. The average molecular weight is 793 g/mol. The minimum Gasteiger partial charge on any atom is -0.468 e. The zero-order valence-electron chi connectivity index (χ0n) is 31.6. The smallest absolute Gasteiger partial charge is 0.422 e. The van der Waals surface area contributed by atoms with Gasteiger partial charge in [-0.2, -0.15) is 4.98 Å². The minimum atomic E-state index is -3.90.